The summed E-state index contributed by atoms with van der Waals surface area (Å²) < 4.78 is 5.56. The van der Waals surface area contributed by atoms with Crippen molar-refractivity contribution in [2.45, 2.75) is 76.5 Å². The third-order valence-corrected chi connectivity index (χ3v) is 6.21. The van der Waals surface area contributed by atoms with Gasteiger partial charge in [0.05, 0.1) is 12.8 Å². The second-order valence-corrected chi connectivity index (χ2v) is 8.53. The fraction of sp³-hybridized carbons (Fsp3) is 0.522. The highest BCUT2D eigenvalue weighted by Crippen LogP contribution is 2.35. The lowest BCUT2D eigenvalue weighted by Gasteiger charge is -2.48. The fourth-order valence-electron chi connectivity index (χ4n) is 4.74. The van der Waals surface area contributed by atoms with Crippen molar-refractivity contribution in [2.24, 2.45) is 0 Å². The van der Waals surface area contributed by atoms with Gasteiger partial charge in [-0.05, 0) is 61.4 Å². The van der Waals surface area contributed by atoms with Gasteiger partial charge in [-0.3, -0.25) is 4.90 Å². The van der Waals surface area contributed by atoms with Crippen molar-refractivity contribution in [3.63, 3.8) is 0 Å². The average Bonchev–Trinajstić information content (AvgIpc) is 3.16. The SMILES string of the molecule is CC(C)c1ccc(NC(=O)NC2CC3CCCC(C2)N3Cc2ccco2)cc1. The van der Waals surface area contributed by atoms with Gasteiger partial charge < -0.3 is 15.1 Å². The molecule has 5 heteroatoms. The van der Waals surface area contributed by atoms with E-state index in [-0.39, 0.29) is 12.1 Å². The summed E-state index contributed by atoms with van der Waals surface area (Å²) in [4.78, 5) is 15.1. The number of piperidine rings is 2. The number of hydrogen-bond acceptors (Lipinski definition) is 3. The van der Waals surface area contributed by atoms with E-state index in [1.807, 2.05) is 18.2 Å². The van der Waals surface area contributed by atoms with E-state index in [0.717, 1.165) is 30.8 Å². The zero-order chi connectivity index (χ0) is 19.5. The van der Waals surface area contributed by atoms with Crippen molar-refractivity contribution in [1.82, 2.24) is 10.2 Å². The third kappa shape index (κ3) is 4.41. The summed E-state index contributed by atoms with van der Waals surface area (Å²) in [7, 11) is 0. The molecule has 2 unspecified atom stereocenters. The van der Waals surface area contributed by atoms with Crippen LogP contribution in [0.1, 0.15) is 63.2 Å². The highest BCUT2D eigenvalue weighted by molar-refractivity contribution is 5.89. The summed E-state index contributed by atoms with van der Waals surface area (Å²) in [6.45, 7) is 5.22. The van der Waals surface area contributed by atoms with Gasteiger partial charge in [0.2, 0.25) is 0 Å². The lowest BCUT2D eigenvalue weighted by molar-refractivity contribution is 0.0150. The largest absolute Gasteiger partial charge is 0.468 e. The van der Waals surface area contributed by atoms with Crippen LogP contribution >= 0.6 is 0 Å². The lowest BCUT2D eigenvalue weighted by Crippen LogP contribution is -2.56. The van der Waals surface area contributed by atoms with Crippen molar-refractivity contribution < 1.29 is 9.21 Å². The monoisotopic (exact) mass is 381 g/mol. The summed E-state index contributed by atoms with van der Waals surface area (Å²) in [5.74, 6) is 1.53. The minimum atomic E-state index is -0.0974. The molecule has 2 saturated heterocycles. The minimum absolute atomic E-state index is 0.0974. The summed E-state index contributed by atoms with van der Waals surface area (Å²) >= 11 is 0. The molecule has 2 aliphatic heterocycles. The number of carbonyl (C=O) groups is 1. The molecule has 0 aliphatic carbocycles. The Bertz CT molecular complexity index is 756. The van der Waals surface area contributed by atoms with Crippen LogP contribution in [0.3, 0.4) is 0 Å². The maximum atomic E-state index is 12.5. The second kappa shape index (κ2) is 8.39. The van der Waals surface area contributed by atoms with Crippen LogP contribution in [0.15, 0.2) is 47.1 Å². The van der Waals surface area contributed by atoms with E-state index < -0.39 is 0 Å². The molecule has 2 N–H and O–H groups in total. The van der Waals surface area contributed by atoms with E-state index in [1.54, 1.807) is 6.26 Å². The number of urea groups is 1. The van der Waals surface area contributed by atoms with Crippen molar-refractivity contribution in [3.05, 3.63) is 54.0 Å². The molecule has 1 aromatic heterocycles. The molecule has 1 aromatic carbocycles. The minimum Gasteiger partial charge on any atom is -0.468 e. The summed E-state index contributed by atoms with van der Waals surface area (Å²) in [6, 6.07) is 13.3. The van der Waals surface area contributed by atoms with Crippen molar-refractivity contribution in [3.8, 4) is 0 Å². The Kier molecular flexibility index (Phi) is 5.72. The molecule has 2 bridgehead atoms. The molecule has 2 aliphatic rings. The summed E-state index contributed by atoms with van der Waals surface area (Å²) in [5.41, 5.74) is 2.13. The van der Waals surface area contributed by atoms with Gasteiger partial charge in [0.15, 0.2) is 0 Å². The van der Waals surface area contributed by atoms with E-state index >= 15 is 0 Å². The van der Waals surface area contributed by atoms with Gasteiger partial charge >= 0.3 is 6.03 Å². The number of benzene rings is 1. The van der Waals surface area contributed by atoms with Crippen molar-refractivity contribution in [1.29, 1.82) is 0 Å². The number of furan rings is 1. The van der Waals surface area contributed by atoms with Crippen molar-refractivity contribution >= 4 is 11.7 Å². The predicted molar refractivity (Wildman–Crippen MR) is 111 cm³/mol. The molecule has 28 heavy (non-hydrogen) atoms. The molecule has 0 radical (unpaired) electrons. The molecule has 2 fully saturated rings. The van der Waals surface area contributed by atoms with Crippen molar-refractivity contribution in [2.75, 3.05) is 5.32 Å². The standard InChI is InChI=1S/C23H31N3O2/c1-16(2)17-8-10-18(11-9-17)24-23(27)25-19-13-20-5-3-6-21(14-19)26(20)15-22-7-4-12-28-22/h4,7-12,16,19-21H,3,5-6,13-15H2,1-2H3,(H2,24,25,27). The molecule has 2 amide bonds. The number of nitrogens with one attached hydrogen (secondary N) is 2. The molecule has 3 heterocycles. The number of hydrogen-bond donors (Lipinski definition) is 2. The number of fused-ring (bicyclic) bond motifs is 2. The van der Waals surface area contributed by atoms with Crippen LogP contribution in [-0.2, 0) is 6.54 Å². The van der Waals surface area contributed by atoms with Gasteiger partial charge in [0.25, 0.3) is 0 Å². The van der Waals surface area contributed by atoms with Crippen LogP contribution in [0.5, 0.6) is 0 Å². The zero-order valence-corrected chi connectivity index (χ0v) is 16.9. The quantitative estimate of drug-likeness (QED) is 0.757. The number of anilines is 1. The van der Waals surface area contributed by atoms with Crippen LogP contribution < -0.4 is 10.6 Å². The molecule has 0 saturated carbocycles. The van der Waals surface area contributed by atoms with Crippen LogP contribution in [0.2, 0.25) is 0 Å². The first-order chi connectivity index (χ1) is 13.6. The first-order valence-corrected chi connectivity index (χ1v) is 10.5. The first-order valence-electron chi connectivity index (χ1n) is 10.5. The Morgan fingerprint density at radius 2 is 1.86 bits per heavy atom. The van der Waals surface area contributed by atoms with Crippen LogP contribution in [-0.4, -0.2) is 29.1 Å². The molecular weight excluding hydrogens is 350 g/mol. The molecule has 0 spiro atoms. The number of rotatable bonds is 5. The molecule has 2 atom stereocenters. The van der Waals surface area contributed by atoms with Gasteiger partial charge in [-0.2, -0.15) is 0 Å². The van der Waals surface area contributed by atoms with Crippen LogP contribution in [0.4, 0.5) is 10.5 Å². The Balaban J connectivity index is 1.32. The predicted octanol–water partition coefficient (Wildman–Crippen LogP) is 5.11. The Morgan fingerprint density at radius 1 is 1.14 bits per heavy atom. The maximum Gasteiger partial charge on any atom is 0.319 e. The Morgan fingerprint density at radius 3 is 2.46 bits per heavy atom. The molecule has 150 valence electrons. The van der Waals surface area contributed by atoms with Gasteiger partial charge in [-0.25, -0.2) is 4.79 Å². The smallest absolute Gasteiger partial charge is 0.319 e. The van der Waals surface area contributed by atoms with Gasteiger partial charge in [0, 0.05) is 23.8 Å². The van der Waals surface area contributed by atoms with Gasteiger partial charge in [-0.15, -0.1) is 0 Å². The summed E-state index contributed by atoms with van der Waals surface area (Å²) in [6.07, 6.45) is 7.46. The van der Waals surface area contributed by atoms with E-state index in [2.05, 4.69) is 47.6 Å². The van der Waals surface area contributed by atoms with Crippen LogP contribution in [0.25, 0.3) is 0 Å². The van der Waals surface area contributed by atoms with E-state index in [1.165, 1.54) is 24.8 Å². The summed E-state index contributed by atoms with van der Waals surface area (Å²) in [5, 5.41) is 6.20. The normalized spacial score (nSPS) is 24.9. The second-order valence-electron chi connectivity index (χ2n) is 8.53. The molecule has 5 nitrogen and oxygen atoms in total. The maximum absolute atomic E-state index is 12.5. The fourth-order valence-corrected chi connectivity index (χ4v) is 4.74. The lowest BCUT2D eigenvalue weighted by atomic mass is 9.81. The van der Waals surface area contributed by atoms with E-state index in [0.29, 0.717) is 18.0 Å². The Hall–Kier alpha value is -2.27. The van der Waals surface area contributed by atoms with Crippen LogP contribution in [0, 0.1) is 0 Å². The highest BCUT2D eigenvalue weighted by Gasteiger charge is 2.38. The van der Waals surface area contributed by atoms with E-state index in [4.69, 9.17) is 4.42 Å². The number of carbonyl (C=O) groups excluding carboxylic acids is 1. The molecule has 4 rings (SSSR count). The average molecular weight is 382 g/mol. The number of amides is 2. The first kappa shape index (κ1) is 19.1. The zero-order valence-electron chi connectivity index (χ0n) is 16.9. The molecular formula is C23H31N3O2. The number of nitrogens with zero attached hydrogens (tertiary/aromatic N) is 1. The highest BCUT2D eigenvalue weighted by atomic mass is 16.3. The van der Waals surface area contributed by atoms with Gasteiger partial charge in [-0.1, -0.05) is 32.4 Å². The molecule has 2 aromatic rings. The van der Waals surface area contributed by atoms with E-state index in [9.17, 15) is 4.79 Å². The Labute approximate surface area is 167 Å². The topological polar surface area (TPSA) is 57.5 Å². The third-order valence-electron chi connectivity index (χ3n) is 6.21. The van der Waals surface area contributed by atoms with Gasteiger partial charge in [0.1, 0.15) is 5.76 Å².